The highest BCUT2D eigenvalue weighted by Gasteiger charge is 2.12. The summed E-state index contributed by atoms with van der Waals surface area (Å²) >= 11 is 5.81. The van der Waals surface area contributed by atoms with Gasteiger partial charge < -0.3 is 9.84 Å². The van der Waals surface area contributed by atoms with Crippen molar-refractivity contribution in [2.75, 3.05) is 7.11 Å². The minimum Gasteiger partial charge on any atom is -0.504 e. The monoisotopic (exact) mass is 200 g/mol. The Morgan fingerprint density at radius 2 is 2.00 bits per heavy atom. The standard InChI is InChI=1S/C10H13ClO2/c1-6(2)8-4-7(11)5-9(12)10(8)13-3/h4-6,12H,1-3H3. The third-order valence-corrected chi connectivity index (χ3v) is 2.11. The van der Waals surface area contributed by atoms with Crippen molar-refractivity contribution in [3.8, 4) is 11.5 Å². The quantitative estimate of drug-likeness (QED) is 0.795. The Morgan fingerprint density at radius 3 is 2.46 bits per heavy atom. The third kappa shape index (κ3) is 2.07. The normalized spacial score (nSPS) is 10.5. The number of halogens is 1. The van der Waals surface area contributed by atoms with Crippen LogP contribution in [0.2, 0.25) is 5.02 Å². The molecular weight excluding hydrogens is 188 g/mol. The molecule has 3 heteroatoms. The zero-order chi connectivity index (χ0) is 10.0. The molecule has 0 aliphatic rings. The van der Waals surface area contributed by atoms with Crippen molar-refractivity contribution in [2.45, 2.75) is 19.8 Å². The average molecular weight is 201 g/mol. The van der Waals surface area contributed by atoms with Crippen molar-refractivity contribution in [1.82, 2.24) is 0 Å². The van der Waals surface area contributed by atoms with E-state index in [9.17, 15) is 5.11 Å². The van der Waals surface area contributed by atoms with E-state index in [2.05, 4.69) is 0 Å². The molecule has 0 aliphatic carbocycles. The first-order valence-electron chi connectivity index (χ1n) is 4.12. The van der Waals surface area contributed by atoms with E-state index >= 15 is 0 Å². The van der Waals surface area contributed by atoms with Crippen LogP contribution in [0, 0.1) is 0 Å². The second-order valence-electron chi connectivity index (χ2n) is 3.20. The molecule has 0 unspecified atom stereocenters. The SMILES string of the molecule is COc1c(O)cc(Cl)cc1C(C)C. The van der Waals surface area contributed by atoms with Crippen LogP contribution >= 0.6 is 11.6 Å². The fraction of sp³-hybridized carbons (Fsp3) is 0.400. The molecule has 1 N–H and O–H groups in total. The molecule has 0 aromatic heterocycles. The fourth-order valence-electron chi connectivity index (χ4n) is 1.25. The van der Waals surface area contributed by atoms with Crippen LogP contribution in [-0.4, -0.2) is 12.2 Å². The zero-order valence-corrected chi connectivity index (χ0v) is 8.72. The van der Waals surface area contributed by atoms with Crippen molar-refractivity contribution in [3.63, 3.8) is 0 Å². The predicted molar refractivity (Wildman–Crippen MR) is 53.8 cm³/mol. The van der Waals surface area contributed by atoms with Crippen molar-refractivity contribution < 1.29 is 9.84 Å². The Morgan fingerprint density at radius 1 is 1.38 bits per heavy atom. The molecule has 0 amide bonds. The summed E-state index contributed by atoms with van der Waals surface area (Å²) in [5, 5.41) is 10.0. The van der Waals surface area contributed by atoms with Gasteiger partial charge in [-0.3, -0.25) is 0 Å². The summed E-state index contributed by atoms with van der Waals surface area (Å²) in [5.41, 5.74) is 0.924. The van der Waals surface area contributed by atoms with Gasteiger partial charge in [0.2, 0.25) is 0 Å². The van der Waals surface area contributed by atoms with Crippen molar-refractivity contribution >= 4 is 11.6 Å². The Bertz CT molecular complexity index is 308. The predicted octanol–water partition coefficient (Wildman–Crippen LogP) is 3.18. The van der Waals surface area contributed by atoms with Gasteiger partial charge in [-0.25, -0.2) is 0 Å². The molecule has 0 bridgehead atoms. The smallest absolute Gasteiger partial charge is 0.164 e. The molecular formula is C10H13ClO2. The molecule has 13 heavy (non-hydrogen) atoms. The summed E-state index contributed by atoms with van der Waals surface area (Å²) in [6, 6.07) is 3.29. The molecule has 0 heterocycles. The number of aromatic hydroxyl groups is 1. The molecule has 72 valence electrons. The molecule has 0 spiro atoms. The van der Waals surface area contributed by atoms with Gasteiger partial charge in [0.1, 0.15) is 0 Å². The Kier molecular flexibility index (Phi) is 3.04. The maximum absolute atomic E-state index is 9.51. The van der Waals surface area contributed by atoms with E-state index in [-0.39, 0.29) is 11.7 Å². The Hall–Kier alpha value is -0.890. The summed E-state index contributed by atoms with van der Waals surface area (Å²) in [4.78, 5) is 0. The molecule has 0 saturated heterocycles. The van der Waals surface area contributed by atoms with Crippen LogP contribution in [0.1, 0.15) is 25.3 Å². The Balaban J connectivity index is 3.29. The number of rotatable bonds is 2. The lowest BCUT2D eigenvalue weighted by molar-refractivity contribution is 0.367. The summed E-state index contributed by atoms with van der Waals surface area (Å²) in [6.07, 6.45) is 0. The zero-order valence-electron chi connectivity index (χ0n) is 7.97. The first-order valence-corrected chi connectivity index (χ1v) is 4.50. The molecule has 0 saturated carbocycles. The van der Waals surface area contributed by atoms with Gasteiger partial charge in [0.15, 0.2) is 11.5 Å². The second-order valence-corrected chi connectivity index (χ2v) is 3.64. The van der Waals surface area contributed by atoms with Gasteiger partial charge in [-0.2, -0.15) is 0 Å². The Labute approximate surface area is 83.1 Å². The summed E-state index contributed by atoms with van der Waals surface area (Å²) in [7, 11) is 1.54. The molecule has 0 aliphatic heterocycles. The molecule has 2 nitrogen and oxygen atoms in total. The number of phenols is 1. The highest BCUT2D eigenvalue weighted by atomic mass is 35.5. The lowest BCUT2D eigenvalue weighted by Crippen LogP contribution is -1.94. The van der Waals surface area contributed by atoms with E-state index < -0.39 is 0 Å². The number of phenolic OH excluding ortho intramolecular Hbond substituents is 1. The topological polar surface area (TPSA) is 29.5 Å². The third-order valence-electron chi connectivity index (χ3n) is 1.89. The summed E-state index contributed by atoms with van der Waals surface area (Å²) in [6.45, 7) is 4.04. The van der Waals surface area contributed by atoms with E-state index in [0.29, 0.717) is 10.8 Å². The molecule has 1 rings (SSSR count). The van der Waals surface area contributed by atoms with E-state index in [0.717, 1.165) is 5.56 Å². The van der Waals surface area contributed by atoms with Gasteiger partial charge in [-0.05, 0) is 12.0 Å². The highest BCUT2D eigenvalue weighted by Crippen LogP contribution is 2.37. The molecule has 0 fully saturated rings. The van der Waals surface area contributed by atoms with Crippen molar-refractivity contribution in [1.29, 1.82) is 0 Å². The average Bonchev–Trinajstić information content (AvgIpc) is 2.02. The van der Waals surface area contributed by atoms with E-state index in [4.69, 9.17) is 16.3 Å². The minimum absolute atomic E-state index is 0.0960. The highest BCUT2D eigenvalue weighted by molar-refractivity contribution is 6.30. The largest absolute Gasteiger partial charge is 0.504 e. The van der Waals surface area contributed by atoms with Gasteiger partial charge in [0.25, 0.3) is 0 Å². The van der Waals surface area contributed by atoms with Crippen LogP contribution in [0.15, 0.2) is 12.1 Å². The molecule has 0 radical (unpaired) electrons. The van der Waals surface area contributed by atoms with Crippen LogP contribution in [0.5, 0.6) is 11.5 Å². The van der Waals surface area contributed by atoms with Gasteiger partial charge in [-0.1, -0.05) is 25.4 Å². The lowest BCUT2D eigenvalue weighted by atomic mass is 10.0. The number of benzene rings is 1. The fourth-order valence-corrected chi connectivity index (χ4v) is 1.47. The number of hydrogen-bond acceptors (Lipinski definition) is 2. The van der Waals surface area contributed by atoms with Crippen LogP contribution < -0.4 is 4.74 Å². The van der Waals surface area contributed by atoms with Crippen molar-refractivity contribution in [2.24, 2.45) is 0 Å². The first kappa shape index (κ1) is 10.2. The number of ether oxygens (including phenoxy) is 1. The van der Waals surface area contributed by atoms with Gasteiger partial charge in [-0.15, -0.1) is 0 Å². The minimum atomic E-state index is 0.0960. The van der Waals surface area contributed by atoms with Gasteiger partial charge in [0.05, 0.1) is 7.11 Å². The summed E-state index contributed by atoms with van der Waals surface area (Å²) in [5.74, 6) is 0.887. The van der Waals surface area contributed by atoms with Crippen LogP contribution in [0.3, 0.4) is 0 Å². The van der Waals surface area contributed by atoms with E-state index in [1.165, 1.54) is 13.2 Å². The maximum Gasteiger partial charge on any atom is 0.164 e. The first-order chi connectivity index (χ1) is 6.06. The summed E-state index contributed by atoms with van der Waals surface area (Å²) < 4.78 is 5.08. The van der Waals surface area contributed by atoms with Crippen LogP contribution in [0.4, 0.5) is 0 Å². The molecule has 0 atom stereocenters. The lowest BCUT2D eigenvalue weighted by Gasteiger charge is -2.13. The second kappa shape index (κ2) is 3.88. The van der Waals surface area contributed by atoms with Gasteiger partial charge >= 0.3 is 0 Å². The maximum atomic E-state index is 9.51. The van der Waals surface area contributed by atoms with Gasteiger partial charge in [0, 0.05) is 16.7 Å². The van der Waals surface area contributed by atoms with E-state index in [1.54, 1.807) is 0 Å². The molecule has 1 aromatic rings. The van der Waals surface area contributed by atoms with Crippen molar-refractivity contribution in [3.05, 3.63) is 22.7 Å². The molecule has 1 aromatic carbocycles. The number of hydrogen-bond donors (Lipinski definition) is 1. The van der Waals surface area contributed by atoms with Crippen LogP contribution in [0.25, 0.3) is 0 Å². The van der Waals surface area contributed by atoms with Crippen LogP contribution in [-0.2, 0) is 0 Å². The number of methoxy groups -OCH3 is 1. The van der Waals surface area contributed by atoms with E-state index in [1.807, 2.05) is 19.9 Å².